The van der Waals surface area contributed by atoms with Crippen LogP contribution in [0.5, 0.6) is 0 Å². The second-order valence-electron chi connectivity index (χ2n) is 6.82. The summed E-state index contributed by atoms with van der Waals surface area (Å²) >= 11 is 1.51. The molecule has 0 spiro atoms. The van der Waals surface area contributed by atoms with Crippen LogP contribution in [0.15, 0.2) is 52.4 Å². The molecule has 1 fully saturated rings. The monoisotopic (exact) mass is 529 g/mol. The summed E-state index contributed by atoms with van der Waals surface area (Å²) in [5.41, 5.74) is 1.05. The van der Waals surface area contributed by atoms with E-state index in [9.17, 15) is 4.39 Å². The maximum atomic E-state index is 13.6. The standard InChI is InChI=1S/C21H28FN5S.HI/c1-16-6-5-9-20(25-16)27-13-10-17(11-14-27)26-21(23-2)24-12-15-28-19-8-4-3-7-18(19)22;/h3-9,17H,10-15H2,1-2H3,(H2,23,24,26);1H. The number of aromatic nitrogens is 1. The molecule has 1 aromatic heterocycles. The van der Waals surface area contributed by atoms with Crippen molar-refractivity contribution in [2.45, 2.75) is 30.7 Å². The van der Waals surface area contributed by atoms with Gasteiger partial charge in [-0.1, -0.05) is 18.2 Å². The summed E-state index contributed by atoms with van der Waals surface area (Å²) in [6.45, 7) is 4.71. The van der Waals surface area contributed by atoms with E-state index in [2.05, 4.69) is 37.6 Å². The molecular formula is C21H29FIN5S. The van der Waals surface area contributed by atoms with Crippen molar-refractivity contribution in [2.75, 3.05) is 37.3 Å². The summed E-state index contributed by atoms with van der Waals surface area (Å²) in [6.07, 6.45) is 2.08. The Kier molecular flexibility index (Phi) is 9.99. The molecule has 0 atom stereocenters. The molecule has 1 aliphatic heterocycles. The highest BCUT2D eigenvalue weighted by Crippen LogP contribution is 2.20. The molecule has 1 saturated heterocycles. The topological polar surface area (TPSA) is 52.6 Å². The van der Waals surface area contributed by atoms with Crippen LogP contribution in [0.25, 0.3) is 0 Å². The van der Waals surface area contributed by atoms with Crippen LogP contribution in [0.1, 0.15) is 18.5 Å². The van der Waals surface area contributed by atoms with Crippen molar-refractivity contribution in [1.29, 1.82) is 0 Å². The lowest BCUT2D eigenvalue weighted by Crippen LogP contribution is -2.49. The Hall–Kier alpha value is -1.55. The molecular weight excluding hydrogens is 500 g/mol. The lowest BCUT2D eigenvalue weighted by atomic mass is 10.1. The molecule has 8 heteroatoms. The summed E-state index contributed by atoms with van der Waals surface area (Å²) in [7, 11) is 1.78. The molecule has 0 radical (unpaired) electrons. The van der Waals surface area contributed by atoms with Crippen molar-refractivity contribution in [2.24, 2.45) is 4.99 Å². The first kappa shape index (κ1) is 23.7. The zero-order chi connectivity index (χ0) is 19.8. The third kappa shape index (κ3) is 7.33. The smallest absolute Gasteiger partial charge is 0.191 e. The number of nitrogens with one attached hydrogen (secondary N) is 2. The van der Waals surface area contributed by atoms with Gasteiger partial charge in [0.1, 0.15) is 11.6 Å². The zero-order valence-electron chi connectivity index (χ0n) is 16.9. The lowest BCUT2D eigenvalue weighted by molar-refractivity contribution is 0.460. The largest absolute Gasteiger partial charge is 0.356 e. The third-order valence-electron chi connectivity index (χ3n) is 4.75. The first-order valence-corrected chi connectivity index (χ1v) is 10.7. The fourth-order valence-corrected chi connectivity index (χ4v) is 4.04. The van der Waals surface area contributed by atoms with Gasteiger partial charge in [-0.25, -0.2) is 9.37 Å². The minimum absolute atomic E-state index is 0. The number of halogens is 2. The van der Waals surface area contributed by atoms with E-state index in [-0.39, 0.29) is 29.8 Å². The van der Waals surface area contributed by atoms with Crippen molar-refractivity contribution >= 4 is 47.5 Å². The minimum atomic E-state index is -0.162. The quantitative estimate of drug-likeness (QED) is 0.194. The number of pyridine rings is 1. The number of nitrogens with zero attached hydrogens (tertiary/aromatic N) is 3. The van der Waals surface area contributed by atoms with Crippen LogP contribution in [0.3, 0.4) is 0 Å². The van der Waals surface area contributed by atoms with E-state index in [1.165, 1.54) is 17.8 Å². The molecule has 0 unspecified atom stereocenters. The van der Waals surface area contributed by atoms with E-state index in [0.29, 0.717) is 10.9 Å². The number of aryl methyl sites for hydroxylation is 1. The van der Waals surface area contributed by atoms with Crippen molar-refractivity contribution in [3.05, 3.63) is 54.0 Å². The number of rotatable bonds is 6. The second-order valence-corrected chi connectivity index (χ2v) is 7.96. The maximum Gasteiger partial charge on any atom is 0.191 e. The van der Waals surface area contributed by atoms with Crippen LogP contribution in [-0.2, 0) is 0 Å². The van der Waals surface area contributed by atoms with Gasteiger partial charge in [0.2, 0.25) is 0 Å². The summed E-state index contributed by atoms with van der Waals surface area (Å²) in [6, 6.07) is 13.4. The summed E-state index contributed by atoms with van der Waals surface area (Å²) < 4.78 is 13.6. The number of anilines is 1. The summed E-state index contributed by atoms with van der Waals surface area (Å²) in [5.74, 6) is 2.48. The van der Waals surface area contributed by atoms with Crippen LogP contribution in [0.4, 0.5) is 10.2 Å². The van der Waals surface area contributed by atoms with Gasteiger partial charge in [-0.2, -0.15) is 0 Å². The number of hydrogen-bond acceptors (Lipinski definition) is 4. The van der Waals surface area contributed by atoms with Gasteiger partial charge >= 0.3 is 0 Å². The number of hydrogen-bond donors (Lipinski definition) is 2. The van der Waals surface area contributed by atoms with Crippen LogP contribution < -0.4 is 15.5 Å². The molecule has 0 amide bonds. The number of aliphatic imine (C=N–C) groups is 1. The number of benzene rings is 1. The molecule has 1 aliphatic rings. The van der Waals surface area contributed by atoms with Gasteiger partial charge < -0.3 is 15.5 Å². The Balaban J connectivity index is 0.00000300. The van der Waals surface area contributed by atoms with Gasteiger partial charge in [0, 0.05) is 49.1 Å². The van der Waals surface area contributed by atoms with Crippen LogP contribution >= 0.6 is 35.7 Å². The predicted octanol–water partition coefficient (Wildman–Crippen LogP) is 4.07. The maximum absolute atomic E-state index is 13.6. The van der Waals surface area contributed by atoms with E-state index in [4.69, 9.17) is 0 Å². The molecule has 2 N–H and O–H groups in total. The first-order chi connectivity index (χ1) is 13.7. The fraction of sp³-hybridized carbons (Fsp3) is 0.429. The molecule has 2 aromatic rings. The summed E-state index contributed by atoms with van der Waals surface area (Å²) in [5, 5.41) is 6.83. The Bertz CT molecular complexity index is 796. The lowest BCUT2D eigenvalue weighted by Gasteiger charge is -2.34. The Morgan fingerprint density at radius 2 is 1.97 bits per heavy atom. The molecule has 0 aliphatic carbocycles. The average Bonchev–Trinajstić information content (AvgIpc) is 2.72. The highest BCUT2D eigenvalue weighted by molar-refractivity contribution is 14.0. The van der Waals surface area contributed by atoms with Crippen LogP contribution in [-0.4, -0.2) is 49.4 Å². The van der Waals surface area contributed by atoms with Crippen molar-refractivity contribution in [3.8, 4) is 0 Å². The Morgan fingerprint density at radius 1 is 1.21 bits per heavy atom. The van der Waals surface area contributed by atoms with Crippen molar-refractivity contribution in [1.82, 2.24) is 15.6 Å². The van der Waals surface area contributed by atoms with Gasteiger partial charge in [0.05, 0.1) is 0 Å². The molecule has 2 heterocycles. The Labute approximate surface area is 194 Å². The fourth-order valence-electron chi connectivity index (χ4n) is 3.24. The van der Waals surface area contributed by atoms with E-state index in [1.807, 2.05) is 25.1 Å². The number of piperidine rings is 1. The third-order valence-corrected chi connectivity index (χ3v) is 5.80. The first-order valence-electron chi connectivity index (χ1n) is 9.69. The SMILES string of the molecule is CN=C(NCCSc1ccccc1F)NC1CCN(c2cccc(C)n2)CC1.I. The number of guanidine groups is 1. The van der Waals surface area contributed by atoms with Crippen molar-refractivity contribution < 1.29 is 4.39 Å². The van der Waals surface area contributed by atoms with Gasteiger partial charge in [0.25, 0.3) is 0 Å². The van der Waals surface area contributed by atoms with Gasteiger partial charge in [0.15, 0.2) is 5.96 Å². The molecule has 0 bridgehead atoms. The van der Waals surface area contributed by atoms with E-state index < -0.39 is 0 Å². The van der Waals surface area contributed by atoms with Crippen LogP contribution in [0, 0.1) is 12.7 Å². The van der Waals surface area contributed by atoms with Crippen LogP contribution in [0.2, 0.25) is 0 Å². The molecule has 158 valence electrons. The molecule has 1 aromatic carbocycles. The normalized spacial score (nSPS) is 15.0. The van der Waals surface area contributed by atoms with E-state index in [1.54, 1.807) is 13.1 Å². The van der Waals surface area contributed by atoms with Crippen molar-refractivity contribution in [3.63, 3.8) is 0 Å². The summed E-state index contributed by atoms with van der Waals surface area (Å²) in [4.78, 5) is 12.0. The second kappa shape index (κ2) is 12.2. The van der Waals surface area contributed by atoms with Gasteiger partial charge in [-0.3, -0.25) is 4.99 Å². The molecule has 3 rings (SSSR count). The number of thioether (sulfide) groups is 1. The molecule has 29 heavy (non-hydrogen) atoms. The molecule has 0 saturated carbocycles. The molecule has 5 nitrogen and oxygen atoms in total. The van der Waals surface area contributed by atoms with Gasteiger partial charge in [-0.15, -0.1) is 35.7 Å². The highest BCUT2D eigenvalue weighted by Gasteiger charge is 2.20. The predicted molar refractivity (Wildman–Crippen MR) is 131 cm³/mol. The average molecular weight is 529 g/mol. The van der Waals surface area contributed by atoms with E-state index in [0.717, 1.165) is 55.7 Å². The highest BCUT2D eigenvalue weighted by atomic mass is 127. The van der Waals surface area contributed by atoms with Gasteiger partial charge in [-0.05, 0) is 44.0 Å². The minimum Gasteiger partial charge on any atom is -0.356 e. The Morgan fingerprint density at radius 3 is 2.66 bits per heavy atom. The zero-order valence-corrected chi connectivity index (χ0v) is 20.0. The van der Waals surface area contributed by atoms with E-state index >= 15 is 0 Å².